The van der Waals surface area contributed by atoms with Crippen LogP contribution in [0.25, 0.3) is 0 Å². The zero-order chi connectivity index (χ0) is 18.9. The number of unbranched alkanes of at least 4 members (excludes halogenated alkanes) is 1. The minimum Gasteiger partial charge on any atom is -0.484 e. The summed E-state index contributed by atoms with van der Waals surface area (Å²) in [6.45, 7) is 5.68. The highest BCUT2D eigenvalue weighted by molar-refractivity contribution is 6.30. The normalized spacial score (nSPS) is 19.7. The van der Waals surface area contributed by atoms with E-state index in [1.165, 1.54) is 0 Å². The maximum Gasteiger partial charge on any atom is 0.407 e. The van der Waals surface area contributed by atoms with Gasteiger partial charge in [0.05, 0.1) is 6.61 Å². The molecule has 0 spiro atoms. The molecule has 1 aliphatic heterocycles. The molecule has 144 valence electrons. The Labute approximate surface area is 159 Å². The van der Waals surface area contributed by atoms with Crippen molar-refractivity contribution in [2.75, 3.05) is 26.3 Å². The number of piperidine rings is 1. The van der Waals surface area contributed by atoms with Crippen molar-refractivity contribution in [1.29, 1.82) is 0 Å². The van der Waals surface area contributed by atoms with Gasteiger partial charge in [-0.05, 0) is 43.0 Å². The van der Waals surface area contributed by atoms with Gasteiger partial charge in [0.25, 0.3) is 5.91 Å². The van der Waals surface area contributed by atoms with Crippen molar-refractivity contribution in [1.82, 2.24) is 10.2 Å². The lowest BCUT2D eigenvalue weighted by atomic mass is 9.94. The van der Waals surface area contributed by atoms with E-state index in [0.717, 1.165) is 12.8 Å². The summed E-state index contributed by atoms with van der Waals surface area (Å²) in [5.74, 6) is 0.708. The van der Waals surface area contributed by atoms with E-state index < -0.39 is 0 Å². The highest BCUT2D eigenvalue weighted by Gasteiger charge is 2.30. The Morgan fingerprint density at radius 1 is 1.31 bits per heavy atom. The fraction of sp³-hybridized carbons (Fsp3) is 0.579. The van der Waals surface area contributed by atoms with Crippen molar-refractivity contribution in [3.05, 3.63) is 29.3 Å². The Morgan fingerprint density at radius 3 is 2.69 bits per heavy atom. The molecule has 0 aromatic heterocycles. The van der Waals surface area contributed by atoms with Gasteiger partial charge in [0.2, 0.25) is 0 Å². The largest absolute Gasteiger partial charge is 0.484 e. The summed E-state index contributed by atoms with van der Waals surface area (Å²) in [6, 6.07) is 6.93. The molecule has 0 saturated carbocycles. The summed E-state index contributed by atoms with van der Waals surface area (Å²) < 4.78 is 10.7. The van der Waals surface area contributed by atoms with E-state index in [1.807, 2.05) is 13.8 Å². The van der Waals surface area contributed by atoms with Crippen LogP contribution in [-0.2, 0) is 9.53 Å². The summed E-state index contributed by atoms with van der Waals surface area (Å²) in [5.41, 5.74) is 0. The number of hydrogen-bond acceptors (Lipinski definition) is 4. The first-order chi connectivity index (χ1) is 12.5. The standard InChI is InChI=1S/C19H27ClN2O4/c1-3-4-11-25-19(24)21-17-9-10-22(12-14(17)2)18(23)13-26-16-7-5-15(20)6-8-16/h5-8,14,17H,3-4,9-13H2,1-2H3,(H,21,24). The molecule has 2 rings (SSSR count). The number of nitrogens with zero attached hydrogens (tertiary/aromatic N) is 1. The van der Waals surface area contributed by atoms with Crippen LogP contribution in [0.15, 0.2) is 24.3 Å². The smallest absolute Gasteiger partial charge is 0.407 e. The molecule has 1 aliphatic rings. The van der Waals surface area contributed by atoms with Gasteiger partial charge in [-0.2, -0.15) is 0 Å². The summed E-state index contributed by atoms with van der Waals surface area (Å²) in [4.78, 5) is 25.9. The lowest BCUT2D eigenvalue weighted by Gasteiger charge is -2.37. The molecule has 1 saturated heterocycles. The fourth-order valence-electron chi connectivity index (χ4n) is 2.86. The molecule has 2 atom stereocenters. The maximum atomic E-state index is 12.4. The Balaban J connectivity index is 1.73. The number of nitrogens with one attached hydrogen (secondary N) is 1. The third-order valence-corrected chi connectivity index (χ3v) is 4.72. The van der Waals surface area contributed by atoms with Crippen LogP contribution in [0.2, 0.25) is 5.02 Å². The van der Waals surface area contributed by atoms with Crippen LogP contribution in [0.5, 0.6) is 5.75 Å². The molecule has 1 aromatic rings. The van der Waals surface area contributed by atoms with Gasteiger partial charge >= 0.3 is 6.09 Å². The lowest BCUT2D eigenvalue weighted by molar-refractivity contribution is -0.135. The topological polar surface area (TPSA) is 67.9 Å². The third-order valence-electron chi connectivity index (χ3n) is 4.47. The number of likely N-dealkylation sites (tertiary alicyclic amines) is 1. The van der Waals surface area contributed by atoms with Gasteiger partial charge in [0.15, 0.2) is 6.61 Å². The second kappa shape index (κ2) is 10.3. The molecule has 6 nitrogen and oxygen atoms in total. The van der Waals surface area contributed by atoms with E-state index >= 15 is 0 Å². The second-order valence-corrected chi connectivity index (χ2v) is 7.03. The predicted octanol–water partition coefficient (Wildman–Crippen LogP) is 3.48. The van der Waals surface area contributed by atoms with E-state index in [-0.39, 0.29) is 30.6 Å². The van der Waals surface area contributed by atoms with Crippen LogP contribution < -0.4 is 10.1 Å². The molecule has 26 heavy (non-hydrogen) atoms. The van der Waals surface area contributed by atoms with Gasteiger partial charge < -0.3 is 19.7 Å². The molecule has 7 heteroatoms. The average molecular weight is 383 g/mol. The minimum absolute atomic E-state index is 0.00843. The van der Waals surface area contributed by atoms with Crippen molar-refractivity contribution >= 4 is 23.6 Å². The van der Waals surface area contributed by atoms with Crippen molar-refractivity contribution in [3.8, 4) is 5.75 Å². The van der Waals surface area contributed by atoms with Crippen LogP contribution >= 0.6 is 11.6 Å². The predicted molar refractivity (Wildman–Crippen MR) is 100 cm³/mol. The Kier molecular flexibility index (Phi) is 8.04. The molecular formula is C19H27ClN2O4. The number of alkyl carbamates (subject to hydrolysis) is 1. The fourth-order valence-corrected chi connectivity index (χ4v) is 2.98. The Hall–Kier alpha value is -1.95. The number of carbonyl (C=O) groups excluding carboxylic acids is 2. The molecule has 0 bridgehead atoms. The number of amides is 2. The number of rotatable bonds is 7. The van der Waals surface area contributed by atoms with Crippen LogP contribution in [0.3, 0.4) is 0 Å². The molecule has 1 aromatic carbocycles. The van der Waals surface area contributed by atoms with Crippen molar-refractivity contribution in [2.45, 2.75) is 39.2 Å². The quantitative estimate of drug-likeness (QED) is 0.733. The van der Waals surface area contributed by atoms with Crippen LogP contribution in [0.1, 0.15) is 33.1 Å². The molecule has 2 amide bonds. The van der Waals surface area contributed by atoms with Crippen LogP contribution in [0, 0.1) is 5.92 Å². The van der Waals surface area contributed by atoms with E-state index in [9.17, 15) is 9.59 Å². The first kappa shape index (κ1) is 20.4. The van der Waals surface area contributed by atoms with Gasteiger partial charge in [-0.15, -0.1) is 0 Å². The molecule has 1 N–H and O–H groups in total. The van der Waals surface area contributed by atoms with Crippen molar-refractivity contribution < 1.29 is 19.1 Å². The summed E-state index contributed by atoms with van der Waals surface area (Å²) >= 11 is 5.83. The van der Waals surface area contributed by atoms with E-state index in [4.69, 9.17) is 21.1 Å². The Morgan fingerprint density at radius 2 is 2.04 bits per heavy atom. The van der Waals surface area contributed by atoms with E-state index in [1.54, 1.807) is 29.2 Å². The van der Waals surface area contributed by atoms with Gasteiger partial charge in [-0.1, -0.05) is 31.9 Å². The molecule has 1 heterocycles. The lowest BCUT2D eigenvalue weighted by Crippen LogP contribution is -2.52. The number of ether oxygens (including phenoxy) is 2. The number of hydrogen-bond donors (Lipinski definition) is 1. The summed E-state index contributed by atoms with van der Waals surface area (Å²) in [6.07, 6.45) is 2.18. The van der Waals surface area contributed by atoms with Gasteiger partial charge in [0.1, 0.15) is 5.75 Å². The SMILES string of the molecule is CCCCOC(=O)NC1CCN(C(=O)COc2ccc(Cl)cc2)CC1C. The first-order valence-electron chi connectivity index (χ1n) is 9.09. The zero-order valence-electron chi connectivity index (χ0n) is 15.4. The second-order valence-electron chi connectivity index (χ2n) is 6.59. The number of carbonyl (C=O) groups is 2. The van der Waals surface area contributed by atoms with Crippen molar-refractivity contribution in [2.24, 2.45) is 5.92 Å². The highest BCUT2D eigenvalue weighted by Crippen LogP contribution is 2.19. The summed E-state index contributed by atoms with van der Waals surface area (Å²) in [5, 5.41) is 3.53. The zero-order valence-corrected chi connectivity index (χ0v) is 16.1. The molecular weight excluding hydrogens is 356 g/mol. The highest BCUT2D eigenvalue weighted by atomic mass is 35.5. The van der Waals surface area contributed by atoms with E-state index in [2.05, 4.69) is 5.32 Å². The van der Waals surface area contributed by atoms with Crippen molar-refractivity contribution in [3.63, 3.8) is 0 Å². The van der Waals surface area contributed by atoms with Gasteiger partial charge in [-0.3, -0.25) is 4.79 Å². The Bertz CT molecular complexity index is 594. The summed E-state index contributed by atoms with van der Waals surface area (Å²) in [7, 11) is 0. The molecule has 2 unspecified atom stereocenters. The third kappa shape index (κ3) is 6.41. The molecule has 1 fully saturated rings. The molecule has 0 radical (unpaired) electrons. The van der Waals surface area contributed by atoms with Crippen LogP contribution in [0.4, 0.5) is 4.79 Å². The van der Waals surface area contributed by atoms with Gasteiger partial charge in [-0.25, -0.2) is 4.79 Å². The first-order valence-corrected chi connectivity index (χ1v) is 9.46. The maximum absolute atomic E-state index is 12.4. The number of benzene rings is 1. The molecule has 0 aliphatic carbocycles. The van der Waals surface area contributed by atoms with E-state index in [0.29, 0.717) is 36.9 Å². The van der Waals surface area contributed by atoms with Gasteiger partial charge in [0, 0.05) is 24.2 Å². The minimum atomic E-state index is -0.374. The number of halogens is 1. The van der Waals surface area contributed by atoms with Crippen LogP contribution in [-0.4, -0.2) is 49.2 Å². The monoisotopic (exact) mass is 382 g/mol. The average Bonchev–Trinajstić information content (AvgIpc) is 2.63.